The van der Waals surface area contributed by atoms with E-state index in [9.17, 15) is 0 Å². The van der Waals surface area contributed by atoms with E-state index in [0.717, 1.165) is 43.6 Å². The molecule has 0 spiro atoms. The Bertz CT molecular complexity index is 602. The molecule has 0 unspecified atom stereocenters. The van der Waals surface area contributed by atoms with Gasteiger partial charge in [0.25, 0.3) is 0 Å². The SMILES string of the molecule is Cc1cc(N)c2c(c1N1CCC(N3CCN(C)CC3)CC1)CCO2. The number of aryl methyl sites for hydroxylation is 1. The van der Waals surface area contributed by atoms with Crippen LogP contribution in [-0.4, -0.2) is 68.8 Å². The van der Waals surface area contributed by atoms with Crippen LogP contribution >= 0.6 is 0 Å². The van der Waals surface area contributed by atoms with Gasteiger partial charge in [-0.25, -0.2) is 0 Å². The Kier molecular flexibility index (Phi) is 4.31. The lowest BCUT2D eigenvalue weighted by atomic mass is 9.97. The van der Waals surface area contributed by atoms with Gasteiger partial charge in [-0.3, -0.25) is 4.90 Å². The Labute approximate surface area is 145 Å². The van der Waals surface area contributed by atoms with Crippen LogP contribution in [0.4, 0.5) is 11.4 Å². The summed E-state index contributed by atoms with van der Waals surface area (Å²) in [5, 5.41) is 0. The Hall–Kier alpha value is -1.46. The van der Waals surface area contributed by atoms with Gasteiger partial charge < -0.3 is 20.3 Å². The van der Waals surface area contributed by atoms with Crippen molar-refractivity contribution >= 4 is 11.4 Å². The molecule has 1 aromatic rings. The van der Waals surface area contributed by atoms with E-state index in [1.165, 1.54) is 55.8 Å². The lowest BCUT2D eigenvalue weighted by Gasteiger charge is -2.43. The average molecular weight is 330 g/mol. The Morgan fingerprint density at radius 1 is 1.08 bits per heavy atom. The summed E-state index contributed by atoms with van der Waals surface area (Å²) in [6, 6.07) is 2.85. The van der Waals surface area contributed by atoms with Gasteiger partial charge in [0.05, 0.1) is 12.3 Å². The second-order valence-corrected chi connectivity index (χ2v) is 7.59. The first-order valence-electron chi connectivity index (χ1n) is 9.36. The van der Waals surface area contributed by atoms with Gasteiger partial charge in [-0.15, -0.1) is 0 Å². The number of benzene rings is 1. The quantitative estimate of drug-likeness (QED) is 0.837. The zero-order valence-electron chi connectivity index (χ0n) is 15.1. The number of fused-ring (bicyclic) bond motifs is 1. The Morgan fingerprint density at radius 3 is 2.50 bits per heavy atom. The van der Waals surface area contributed by atoms with Crippen molar-refractivity contribution < 1.29 is 4.74 Å². The smallest absolute Gasteiger partial charge is 0.147 e. The molecule has 0 saturated carbocycles. The minimum atomic E-state index is 0.758. The molecule has 24 heavy (non-hydrogen) atoms. The molecule has 3 aliphatic rings. The van der Waals surface area contributed by atoms with Crippen molar-refractivity contribution in [1.82, 2.24) is 9.80 Å². The number of hydrogen-bond donors (Lipinski definition) is 1. The van der Waals surface area contributed by atoms with Crippen LogP contribution in [0.25, 0.3) is 0 Å². The molecule has 3 aliphatic heterocycles. The second kappa shape index (κ2) is 6.45. The zero-order chi connectivity index (χ0) is 16.7. The van der Waals surface area contributed by atoms with Gasteiger partial charge in [0.1, 0.15) is 5.75 Å². The van der Waals surface area contributed by atoms with Crippen molar-refractivity contribution in [3.63, 3.8) is 0 Å². The van der Waals surface area contributed by atoms with Crippen LogP contribution in [0.5, 0.6) is 5.75 Å². The molecular weight excluding hydrogens is 300 g/mol. The third-order valence-corrected chi connectivity index (χ3v) is 6.00. The number of anilines is 2. The van der Waals surface area contributed by atoms with Gasteiger partial charge in [-0.05, 0) is 38.4 Å². The molecular formula is C19H30N4O. The van der Waals surface area contributed by atoms with Crippen molar-refractivity contribution in [2.75, 3.05) is 63.6 Å². The maximum atomic E-state index is 6.15. The molecule has 0 bridgehead atoms. The van der Waals surface area contributed by atoms with Crippen molar-refractivity contribution in [1.29, 1.82) is 0 Å². The van der Waals surface area contributed by atoms with Crippen molar-refractivity contribution in [3.05, 3.63) is 17.2 Å². The van der Waals surface area contributed by atoms with Gasteiger partial charge in [0, 0.05) is 63.0 Å². The molecule has 0 atom stereocenters. The number of rotatable bonds is 2. The number of nitrogens with zero attached hydrogens (tertiary/aromatic N) is 3. The molecule has 0 amide bonds. The van der Waals surface area contributed by atoms with Gasteiger partial charge in [0.15, 0.2) is 0 Å². The molecule has 0 aromatic heterocycles. The summed E-state index contributed by atoms with van der Waals surface area (Å²) in [4.78, 5) is 7.72. The van der Waals surface area contributed by atoms with E-state index in [-0.39, 0.29) is 0 Å². The number of piperidine rings is 1. The van der Waals surface area contributed by atoms with Gasteiger partial charge in [-0.2, -0.15) is 0 Å². The monoisotopic (exact) mass is 330 g/mol. The van der Waals surface area contributed by atoms with Crippen molar-refractivity contribution in [2.45, 2.75) is 32.2 Å². The first-order chi connectivity index (χ1) is 11.6. The number of ether oxygens (including phenoxy) is 1. The van der Waals surface area contributed by atoms with Crippen molar-refractivity contribution in [2.24, 2.45) is 0 Å². The number of nitrogens with two attached hydrogens (primary N) is 1. The number of nitrogen functional groups attached to an aromatic ring is 1. The summed E-state index contributed by atoms with van der Waals surface area (Å²) in [6.07, 6.45) is 3.53. The fourth-order valence-electron chi connectivity index (χ4n) is 4.63. The fraction of sp³-hybridized carbons (Fsp3) is 0.684. The molecule has 4 rings (SSSR count). The largest absolute Gasteiger partial charge is 0.491 e. The number of piperazine rings is 1. The summed E-state index contributed by atoms with van der Waals surface area (Å²) in [5.41, 5.74) is 11.0. The highest BCUT2D eigenvalue weighted by Gasteiger charge is 2.30. The van der Waals surface area contributed by atoms with Gasteiger partial charge in [-0.1, -0.05) is 0 Å². The van der Waals surface area contributed by atoms with Gasteiger partial charge >= 0.3 is 0 Å². The van der Waals surface area contributed by atoms with Gasteiger partial charge in [0.2, 0.25) is 0 Å². The highest BCUT2D eigenvalue weighted by atomic mass is 16.5. The third-order valence-electron chi connectivity index (χ3n) is 6.00. The zero-order valence-corrected chi connectivity index (χ0v) is 15.1. The predicted octanol–water partition coefficient (Wildman–Crippen LogP) is 1.73. The van der Waals surface area contributed by atoms with E-state index >= 15 is 0 Å². The molecule has 5 heteroatoms. The minimum absolute atomic E-state index is 0.758. The van der Waals surface area contributed by atoms with Crippen LogP contribution in [0, 0.1) is 6.92 Å². The van der Waals surface area contributed by atoms with Crippen LogP contribution in [0.2, 0.25) is 0 Å². The first-order valence-corrected chi connectivity index (χ1v) is 9.36. The lowest BCUT2D eigenvalue weighted by Crippen LogP contribution is -2.52. The second-order valence-electron chi connectivity index (χ2n) is 7.59. The average Bonchev–Trinajstić information content (AvgIpc) is 3.06. The van der Waals surface area contributed by atoms with E-state index in [4.69, 9.17) is 10.5 Å². The summed E-state index contributed by atoms with van der Waals surface area (Å²) in [6.45, 7) is 10.1. The topological polar surface area (TPSA) is 45.0 Å². The van der Waals surface area contributed by atoms with Crippen molar-refractivity contribution in [3.8, 4) is 5.75 Å². The number of likely N-dealkylation sites (N-methyl/N-ethyl adjacent to an activating group) is 1. The number of hydrogen-bond acceptors (Lipinski definition) is 5. The molecule has 2 N–H and O–H groups in total. The highest BCUT2D eigenvalue weighted by molar-refractivity contribution is 5.74. The Balaban J connectivity index is 1.46. The maximum Gasteiger partial charge on any atom is 0.147 e. The predicted molar refractivity (Wildman–Crippen MR) is 99.1 cm³/mol. The summed E-state index contributed by atoms with van der Waals surface area (Å²) in [7, 11) is 2.23. The van der Waals surface area contributed by atoms with E-state index < -0.39 is 0 Å². The molecule has 1 aromatic carbocycles. The third kappa shape index (κ3) is 2.84. The molecule has 2 saturated heterocycles. The molecule has 132 valence electrons. The van der Waals surface area contributed by atoms with Crippen LogP contribution < -0.4 is 15.4 Å². The Morgan fingerprint density at radius 2 is 1.79 bits per heavy atom. The summed E-state index contributed by atoms with van der Waals surface area (Å²) < 4.78 is 5.78. The molecule has 2 fully saturated rings. The normalized spacial score (nSPS) is 23.3. The van der Waals surface area contributed by atoms with Crippen LogP contribution in [0.1, 0.15) is 24.0 Å². The summed E-state index contributed by atoms with van der Waals surface area (Å²) >= 11 is 0. The van der Waals surface area contributed by atoms with Crippen LogP contribution in [-0.2, 0) is 6.42 Å². The molecule has 3 heterocycles. The molecule has 0 aliphatic carbocycles. The van der Waals surface area contributed by atoms with E-state index in [1.54, 1.807) is 0 Å². The summed E-state index contributed by atoms with van der Waals surface area (Å²) in [5.74, 6) is 0.941. The van der Waals surface area contributed by atoms with E-state index in [2.05, 4.69) is 34.7 Å². The van der Waals surface area contributed by atoms with E-state index in [0.29, 0.717) is 0 Å². The highest BCUT2D eigenvalue weighted by Crippen LogP contribution is 2.42. The lowest BCUT2D eigenvalue weighted by molar-refractivity contribution is 0.0982. The molecule has 0 radical (unpaired) electrons. The standard InChI is InChI=1S/C19H30N4O/c1-14-13-17(20)19-16(5-12-24-19)18(14)23-6-3-15(4-7-23)22-10-8-21(2)9-11-22/h13,15H,3-12,20H2,1-2H3. The first kappa shape index (κ1) is 16.0. The fourth-order valence-corrected chi connectivity index (χ4v) is 4.63. The van der Waals surface area contributed by atoms with Crippen LogP contribution in [0.15, 0.2) is 6.07 Å². The van der Waals surface area contributed by atoms with Crippen LogP contribution in [0.3, 0.4) is 0 Å². The van der Waals surface area contributed by atoms with E-state index in [1.807, 2.05) is 0 Å². The minimum Gasteiger partial charge on any atom is -0.491 e. The maximum absolute atomic E-state index is 6.15. The molecule has 5 nitrogen and oxygen atoms in total.